The van der Waals surface area contributed by atoms with E-state index in [1.807, 2.05) is 0 Å². The summed E-state index contributed by atoms with van der Waals surface area (Å²) in [5.41, 5.74) is -0.538. The molecule has 8 heteroatoms. The number of hydrogen-bond acceptors (Lipinski definition) is 2. The Labute approximate surface area is 151 Å². The molecule has 1 heterocycles. The van der Waals surface area contributed by atoms with Crippen LogP contribution in [0.15, 0.2) is 36.4 Å². The first-order valence-electron chi connectivity index (χ1n) is 7.78. The molecule has 26 heavy (non-hydrogen) atoms. The van der Waals surface area contributed by atoms with Crippen molar-refractivity contribution in [2.24, 2.45) is 5.92 Å². The molecule has 1 N–H and O–H groups in total. The summed E-state index contributed by atoms with van der Waals surface area (Å²) in [5.74, 6) is -1.33. The second-order valence-corrected chi connectivity index (χ2v) is 6.42. The molecule has 0 radical (unpaired) electrons. The van der Waals surface area contributed by atoms with Crippen LogP contribution in [-0.4, -0.2) is 12.5 Å². The number of nitrogens with one attached hydrogen (secondary N) is 1. The first-order valence-corrected chi connectivity index (χ1v) is 8.16. The van der Waals surface area contributed by atoms with E-state index in [1.54, 1.807) is 18.2 Å². The van der Waals surface area contributed by atoms with Crippen molar-refractivity contribution >= 4 is 17.5 Å². The van der Waals surface area contributed by atoms with Gasteiger partial charge in [0.2, 0.25) is 5.91 Å². The molecule has 1 atom stereocenters. The third kappa shape index (κ3) is 4.09. The molecule has 0 bridgehead atoms. The van der Waals surface area contributed by atoms with Crippen LogP contribution in [0.2, 0.25) is 5.02 Å². The van der Waals surface area contributed by atoms with Gasteiger partial charge in [-0.3, -0.25) is 4.79 Å². The minimum absolute atomic E-state index is 0.121. The topological polar surface area (TPSA) is 38.3 Å². The van der Waals surface area contributed by atoms with Crippen molar-refractivity contribution in [1.82, 2.24) is 5.32 Å². The number of ether oxygens (including phenoxy) is 1. The Morgan fingerprint density at radius 2 is 2.00 bits per heavy atom. The van der Waals surface area contributed by atoms with Crippen molar-refractivity contribution < 1.29 is 27.1 Å². The van der Waals surface area contributed by atoms with Gasteiger partial charge in [-0.1, -0.05) is 17.7 Å². The zero-order valence-electron chi connectivity index (χ0n) is 13.4. The first-order chi connectivity index (χ1) is 12.2. The molecule has 3 rings (SSSR count). The maximum absolute atomic E-state index is 13.1. The van der Waals surface area contributed by atoms with Gasteiger partial charge in [0.1, 0.15) is 18.2 Å². The second-order valence-electron chi connectivity index (χ2n) is 5.98. The van der Waals surface area contributed by atoms with E-state index in [9.17, 15) is 22.4 Å². The van der Waals surface area contributed by atoms with E-state index >= 15 is 0 Å². The normalized spacial score (nSPS) is 16.6. The maximum atomic E-state index is 13.1. The largest absolute Gasteiger partial charge is 0.492 e. The van der Waals surface area contributed by atoms with Gasteiger partial charge >= 0.3 is 6.18 Å². The Balaban J connectivity index is 1.69. The number of rotatable bonds is 3. The van der Waals surface area contributed by atoms with Crippen LogP contribution in [0.1, 0.15) is 16.7 Å². The van der Waals surface area contributed by atoms with E-state index < -0.39 is 29.4 Å². The summed E-state index contributed by atoms with van der Waals surface area (Å²) in [6, 6.07) is 7.44. The Hall–Kier alpha value is -2.28. The quantitative estimate of drug-likeness (QED) is 0.794. The lowest BCUT2D eigenvalue weighted by Crippen LogP contribution is -2.37. The second kappa shape index (κ2) is 7.15. The van der Waals surface area contributed by atoms with Gasteiger partial charge in [-0.2, -0.15) is 13.2 Å². The average molecular weight is 388 g/mol. The molecule has 0 saturated heterocycles. The summed E-state index contributed by atoms with van der Waals surface area (Å²) in [6.45, 7) is -0.233. The predicted molar refractivity (Wildman–Crippen MR) is 87.4 cm³/mol. The molecule has 1 aliphatic rings. The standard InChI is InChI=1S/C18H14ClF4NO2/c19-13-2-4-16-11(6-13)5-12(9-26-16)17(25)24-8-10-1-3-14(20)7-15(10)18(21,22)23/h1-4,6-7,12H,5,8-9H2,(H,24,25). The third-order valence-corrected chi connectivity index (χ3v) is 4.37. The van der Waals surface area contributed by atoms with Crippen LogP contribution in [0.3, 0.4) is 0 Å². The van der Waals surface area contributed by atoms with Gasteiger partial charge in [-0.05, 0) is 47.9 Å². The molecule has 0 aliphatic carbocycles. The molecule has 1 unspecified atom stereocenters. The summed E-state index contributed by atoms with van der Waals surface area (Å²) in [4.78, 5) is 12.3. The number of benzene rings is 2. The summed E-state index contributed by atoms with van der Waals surface area (Å²) < 4.78 is 57.6. The number of halogens is 5. The van der Waals surface area contributed by atoms with Crippen LogP contribution in [-0.2, 0) is 23.9 Å². The molecular formula is C18H14ClF4NO2. The molecule has 2 aromatic carbocycles. The monoisotopic (exact) mass is 387 g/mol. The Kier molecular flexibility index (Phi) is 5.09. The summed E-state index contributed by atoms with van der Waals surface area (Å²) in [7, 11) is 0. The number of carbonyl (C=O) groups is 1. The van der Waals surface area contributed by atoms with E-state index in [-0.39, 0.29) is 18.7 Å². The van der Waals surface area contributed by atoms with Gasteiger partial charge in [0.05, 0.1) is 11.5 Å². The number of carbonyl (C=O) groups excluding carboxylic acids is 1. The van der Waals surface area contributed by atoms with Crippen LogP contribution in [0.4, 0.5) is 17.6 Å². The van der Waals surface area contributed by atoms with Gasteiger partial charge in [0, 0.05) is 11.6 Å². The van der Waals surface area contributed by atoms with Gasteiger partial charge < -0.3 is 10.1 Å². The molecule has 2 aromatic rings. The van der Waals surface area contributed by atoms with Crippen LogP contribution in [0, 0.1) is 11.7 Å². The fourth-order valence-corrected chi connectivity index (χ4v) is 3.02. The highest BCUT2D eigenvalue weighted by Crippen LogP contribution is 2.33. The van der Waals surface area contributed by atoms with E-state index in [2.05, 4.69) is 5.32 Å². The van der Waals surface area contributed by atoms with E-state index in [1.165, 1.54) is 0 Å². The molecular weight excluding hydrogens is 374 g/mol. The zero-order chi connectivity index (χ0) is 18.9. The average Bonchev–Trinajstić information content (AvgIpc) is 2.58. The lowest BCUT2D eigenvalue weighted by molar-refractivity contribution is -0.138. The molecule has 0 fully saturated rings. The highest BCUT2D eigenvalue weighted by atomic mass is 35.5. The number of fused-ring (bicyclic) bond motifs is 1. The van der Waals surface area contributed by atoms with Crippen molar-refractivity contribution in [3.05, 3.63) is 63.9 Å². The molecule has 138 valence electrons. The highest BCUT2D eigenvalue weighted by molar-refractivity contribution is 6.30. The van der Waals surface area contributed by atoms with Gasteiger partial charge in [-0.15, -0.1) is 0 Å². The fraction of sp³-hybridized carbons (Fsp3) is 0.278. The molecule has 0 aromatic heterocycles. The van der Waals surface area contributed by atoms with Gasteiger partial charge in [-0.25, -0.2) is 4.39 Å². The molecule has 3 nitrogen and oxygen atoms in total. The lowest BCUT2D eigenvalue weighted by atomic mass is 9.96. The first kappa shape index (κ1) is 18.5. The van der Waals surface area contributed by atoms with E-state index in [4.69, 9.17) is 16.3 Å². The summed E-state index contributed by atoms with van der Waals surface area (Å²) in [5, 5.41) is 2.98. The summed E-state index contributed by atoms with van der Waals surface area (Å²) >= 11 is 5.92. The van der Waals surface area contributed by atoms with Crippen LogP contribution in [0.5, 0.6) is 5.75 Å². The molecule has 1 aliphatic heterocycles. The van der Waals surface area contributed by atoms with Crippen molar-refractivity contribution in [3.63, 3.8) is 0 Å². The van der Waals surface area contributed by atoms with E-state index in [0.717, 1.165) is 17.7 Å². The van der Waals surface area contributed by atoms with Crippen molar-refractivity contribution in [2.75, 3.05) is 6.61 Å². The van der Waals surface area contributed by atoms with Crippen LogP contribution < -0.4 is 10.1 Å². The van der Waals surface area contributed by atoms with Gasteiger partial charge in [0.25, 0.3) is 0 Å². The highest BCUT2D eigenvalue weighted by Gasteiger charge is 2.34. The minimum atomic E-state index is -4.70. The Morgan fingerprint density at radius 1 is 1.23 bits per heavy atom. The SMILES string of the molecule is O=C(NCc1ccc(F)cc1C(F)(F)F)C1COc2ccc(Cl)cc2C1. The van der Waals surface area contributed by atoms with Gasteiger partial charge in [0.15, 0.2) is 0 Å². The third-order valence-electron chi connectivity index (χ3n) is 4.13. The number of alkyl halides is 3. The predicted octanol–water partition coefficient (Wildman–Crippen LogP) is 4.37. The summed E-state index contributed by atoms with van der Waals surface area (Å²) in [6.07, 6.45) is -4.33. The number of amides is 1. The number of hydrogen-bond donors (Lipinski definition) is 1. The smallest absolute Gasteiger partial charge is 0.416 e. The van der Waals surface area contributed by atoms with Crippen LogP contribution in [0.25, 0.3) is 0 Å². The van der Waals surface area contributed by atoms with Crippen LogP contribution >= 0.6 is 11.6 Å². The Morgan fingerprint density at radius 3 is 2.73 bits per heavy atom. The molecule has 0 spiro atoms. The Bertz CT molecular complexity index is 838. The molecule has 1 amide bonds. The van der Waals surface area contributed by atoms with Crippen molar-refractivity contribution in [1.29, 1.82) is 0 Å². The van der Waals surface area contributed by atoms with Crippen molar-refractivity contribution in [3.8, 4) is 5.75 Å². The fourth-order valence-electron chi connectivity index (χ4n) is 2.82. The maximum Gasteiger partial charge on any atom is 0.416 e. The van der Waals surface area contributed by atoms with Crippen molar-refractivity contribution in [2.45, 2.75) is 19.1 Å². The molecule has 0 saturated carbocycles. The minimum Gasteiger partial charge on any atom is -0.492 e. The van der Waals surface area contributed by atoms with E-state index in [0.29, 0.717) is 23.3 Å². The lowest BCUT2D eigenvalue weighted by Gasteiger charge is -2.25. The zero-order valence-corrected chi connectivity index (χ0v) is 14.1.